The molecule has 0 N–H and O–H groups in total. The Morgan fingerprint density at radius 2 is 1.70 bits per heavy atom. The lowest BCUT2D eigenvalue weighted by Gasteiger charge is -2.69. The fourth-order valence-corrected chi connectivity index (χ4v) is 11.3. The number of Topliss-reactive ketones (excluding diaryl/α,β-unsaturated/α-hetero) is 1. The number of nitrogens with zero attached hydrogens (tertiary/aromatic N) is 4. The minimum Gasteiger partial charge on any atom is -0.295 e. The van der Waals surface area contributed by atoms with E-state index in [-0.39, 0.29) is 57.0 Å². The van der Waals surface area contributed by atoms with Gasteiger partial charge >= 0.3 is 0 Å². The van der Waals surface area contributed by atoms with Crippen LogP contribution < -0.4 is 0 Å². The molecule has 0 amide bonds. The number of hydrogen-bond donors (Lipinski definition) is 0. The van der Waals surface area contributed by atoms with E-state index >= 15 is 0 Å². The molecule has 2 heterocycles. The fraction of sp³-hybridized carbons (Fsp3) is 0.590. The van der Waals surface area contributed by atoms with Gasteiger partial charge in [0.25, 0.3) is 0 Å². The Hall–Kier alpha value is -3.66. The predicted octanol–water partition coefficient (Wildman–Crippen LogP) is 7.80. The van der Waals surface area contributed by atoms with Gasteiger partial charge < -0.3 is 0 Å². The molecule has 1 unspecified atom stereocenters. The number of allylic oxidation sites excluding steroid dienone is 4. The van der Waals surface area contributed by atoms with Gasteiger partial charge in [-0.2, -0.15) is 5.26 Å². The van der Waals surface area contributed by atoms with Gasteiger partial charge in [0, 0.05) is 29.1 Å². The van der Waals surface area contributed by atoms with Crippen LogP contribution in [0.3, 0.4) is 0 Å². The minimum atomic E-state index is -0.696. The molecule has 7 rings (SSSR count). The van der Waals surface area contributed by atoms with Gasteiger partial charge in [0.05, 0.1) is 16.7 Å². The minimum absolute atomic E-state index is 0.00397. The molecule has 5 aliphatic carbocycles. The van der Waals surface area contributed by atoms with Gasteiger partial charge in [-0.25, -0.2) is 4.98 Å². The zero-order valence-electron chi connectivity index (χ0n) is 28.3. The second kappa shape index (κ2) is 9.69. The van der Waals surface area contributed by atoms with Crippen molar-refractivity contribution in [1.82, 2.24) is 14.5 Å². The van der Waals surface area contributed by atoms with E-state index in [0.29, 0.717) is 5.69 Å². The highest BCUT2D eigenvalue weighted by Crippen LogP contribution is 2.74. The first-order chi connectivity index (χ1) is 21.5. The zero-order valence-corrected chi connectivity index (χ0v) is 28.3. The van der Waals surface area contributed by atoms with Crippen molar-refractivity contribution in [3.05, 3.63) is 60.2 Å². The van der Waals surface area contributed by atoms with Crippen molar-refractivity contribution in [3.63, 3.8) is 0 Å². The van der Waals surface area contributed by atoms with Gasteiger partial charge in [-0.05, 0) is 91.2 Å². The quantitative estimate of drug-likeness (QED) is 0.340. The Morgan fingerprint density at radius 3 is 2.39 bits per heavy atom. The lowest BCUT2D eigenvalue weighted by Crippen LogP contribution is -2.66. The van der Waals surface area contributed by atoms with E-state index in [9.17, 15) is 19.6 Å². The predicted molar refractivity (Wildman–Crippen MR) is 175 cm³/mol. The topological polar surface area (TPSA) is 106 Å². The van der Waals surface area contributed by atoms with E-state index in [1.54, 1.807) is 23.3 Å². The van der Waals surface area contributed by atoms with Gasteiger partial charge in [-0.3, -0.25) is 23.9 Å². The summed E-state index contributed by atoms with van der Waals surface area (Å²) >= 11 is 0. The van der Waals surface area contributed by atoms with Gasteiger partial charge in [0.1, 0.15) is 18.1 Å². The van der Waals surface area contributed by atoms with Crippen LogP contribution in [0.2, 0.25) is 0 Å². The summed E-state index contributed by atoms with van der Waals surface area (Å²) in [4.78, 5) is 52.0. The number of nitriles is 1. The summed E-state index contributed by atoms with van der Waals surface area (Å²) in [5.41, 5.74) is 0.0662. The van der Waals surface area contributed by atoms with E-state index in [0.717, 1.165) is 56.2 Å². The maximum absolute atomic E-state index is 14.8. The first-order valence-corrected chi connectivity index (χ1v) is 17.0. The van der Waals surface area contributed by atoms with Gasteiger partial charge in [-0.1, -0.05) is 66.2 Å². The third-order valence-corrected chi connectivity index (χ3v) is 14.0. The molecule has 2 aromatic heterocycles. The van der Waals surface area contributed by atoms with Crippen molar-refractivity contribution in [2.45, 2.75) is 93.4 Å². The first-order valence-electron chi connectivity index (χ1n) is 17.0. The number of rotatable bonds is 2. The number of imidazole rings is 1. The molecule has 0 spiro atoms. The maximum Gasteiger partial charge on any atom is 0.238 e. The van der Waals surface area contributed by atoms with Crippen LogP contribution in [0, 0.1) is 61.6 Å². The standard InChI is InChI=1S/C39H46N4O3/c1-34(2)13-15-39(33(46)43-22-27(42-23-43)26-10-8-9-17-41-26)16-14-38(7)31(25(39)20-34)28(44)18-30-36(5)19-24(21-40)32(45)35(3,4)29(36)11-12-37(30,38)6/h8-10,17-19,22-23,25,29,31H,11-16,20H2,1-7H3/t25-,29?,31+,36+,37-,38-,39+/m0/s1. The van der Waals surface area contributed by atoms with Crippen molar-refractivity contribution in [3.8, 4) is 17.5 Å². The average molecular weight is 619 g/mol. The fourth-order valence-electron chi connectivity index (χ4n) is 11.3. The molecule has 0 radical (unpaired) electrons. The van der Waals surface area contributed by atoms with Crippen LogP contribution in [0.4, 0.5) is 0 Å². The smallest absolute Gasteiger partial charge is 0.238 e. The molecule has 46 heavy (non-hydrogen) atoms. The second-order valence-corrected chi connectivity index (χ2v) is 17.1. The molecule has 7 heteroatoms. The van der Waals surface area contributed by atoms with E-state index in [2.05, 4.69) is 50.7 Å². The van der Waals surface area contributed by atoms with E-state index in [1.165, 1.54) is 0 Å². The molecule has 0 aromatic carbocycles. The molecule has 2 aromatic rings. The Morgan fingerprint density at radius 1 is 0.957 bits per heavy atom. The molecule has 240 valence electrons. The summed E-state index contributed by atoms with van der Waals surface area (Å²) in [5, 5.41) is 10.0. The van der Waals surface area contributed by atoms with Crippen LogP contribution in [0.15, 0.2) is 60.2 Å². The molecule has 0 aliphatic heterocycles. The molecular formula is C39H46N4O3. The number of aromatic nitrogens is 3. The molecule has 3 saturated carbocycles. The van der Waals surface area contributed by atoms with Crippen molar-refractivity contribution in [2.75, 3.05) is 0 Å². The lowest BCUT2D eigenvalue weighted by molar-refractivity contribution is -0.164. The summed E-state index contributed by atoms with van der Waals surface area (Å²) in [5.74, 6) is -0.339. The van der Waals surface area contributed by atoms with Gasteiger partial charge in [0.2, 0.25) is 5.91 Å². The van der Waals surface area contributed by atoms with Crippen LogP contribution in [0.25, 0.3) is 11.4 Å². The summed E-state index contributed by atoms with van der Waals surface area (Å²) in [6.45, 7) is 15.3. The molecular weight excluding hydrogens is 572 g/mol. The van der Waals surface area contributed by atoms with Gasteiger partial charge in [0.15, 0.2) is 11.6 Å². The van der Waals surface area contributed by atoms with Crippen LogP contribution in [0.5, 0.6) is 0 Å². The zero-order chi connectivity index (χ0) is 33.1. The molecule has 5 aliphatic rings. The lowest BCUT2D eigenvalue weighted by atomic mass is 9.34. The van der Waals surface area contributed by atoms with Crippen LogP contribution in [-0.2, 0) is 9.59 Å². The first kappa shape index (κ1) is 31.0. The maximum atomic E-state index is 14.8. The Balaban J connectivity index is 1.34. The van der Waals surface area contributed by atoms with Crippen molar-refractivity contribution in [1.29, 1.82) is 5.26 Å². The van der Waals surface area contributed by atoms with Crippen LogP contribution in [-0.4, -0.2) is 32.0 Å². The monoisotopic (exact) mass is 618 g/mol. The average Bonchev–Trinajstić information content (AvgIpc) is 3.50. The molecule has 3 fully saturated rings. The van der Waals surface area contributed by atoms with Gasteiger partial charge in [-0.15, -0.1) is 0 Å². The number of carbonyl (C=O) groups is 3. The van der Waals surface area contributed by atoms with E-state index in [4.69, 9.17) is 0 Å². The summed E-state index contributed by atoms with van der Waals surface area (Å²) < 4.78 is 1.66. The molecule has 0 saturated heterocycles. The van der Waals surface area contributed by atoms with Crippen LogP contribution >= 0.6 is 0 Å². The molecule has 0 bridgehead atoms. The summed E-state index contributed by atoms with van der Waals surface area (Å²) in [7, 11) is 0. The highest BCUT2D eigenvalue weighted by Gasteiger charge is 2.71. The number of pyridine rings is 1. The number of ketones is 2. The van der Waals surface area contributed by atoms with Crippen molar-refractivity contribution >= 4 is 17.5 Å². The third kappa shape index (κ3) is 3.91. The van der Waals surface area contributed by atoms with Crippen molar-refractivity contribution in [2.24, 2.45) is 50.2 Å². The third-order valence-electron chi connectivity index (χ3n) is 14.0. The Labute approximate surface area is 272 Å². The largest absolute Gasteiger partial charge is 0.295 e. The Bertz CT molecular complexity index is 1770. The number of fused-ring (bicyclic) bond motifs is 7. The van der Waals surface area contributed by atoms with Crippen molar-refractivity contribution < 1.29 is 14.4 Å². The highest BCUT2D eigenvalue weighted by atomic mass is 16.2. The summed E-state index contributed by atoms with van der Waals surface area (Å²) in [6.07, 6.45) is 14.7. The van der Waals surface area contributed by atoms with E-state index < -0.39 is 16.2 Å². The Kier molecular flexibility index (Phi) is 6.52. The second-order valence-electron chi connectivity index (χ2n) is 17.1. The normalized spacial score (nSPS) is 39.0. The molecule has 7 atom stereocenters. The summed E-state index contributed by atoms with van der Waals surface area (Å²) in [6, 6.07) is 7.86. The highest BCUT2D eigenvalue weighted by molar-refractivity contribution is 6.04. The van der Waals surface area contributed by atoms with E-state index in [1.807, 2.05) is 44.2 Å². The van der Waals surface area contributed by atoms with Crippen LogP contribution in [0.1, 0.15) is 98.2 Å². The number of carbonyl (C=O) groups excluding carboxylic acids is 3. The SMILES string of the molecule is CC1(C)CC[C@@]2(C(=O)n3cnc(-c4ccccn4)c3)CC[C@@]3(C)[C@@H](C(=O)C=C4[C@]5(C)C=C(C#N)C(=O)C(C)(C)C5CC[C@@]43C)[C@@H]2C1. The molecule has 7 nitrogen and oxygen atoms in total. The number of hydrogen-bond acceptors (Lipinski definition) is 6.